The van der Waals surface area contributed by atoms with Crippen molar-refractivity contribution < 1.29 is 13.3 Å². The summed E-state index contributed by atoms with van der Waals surface area (Å²) >= 11 is 0. The van der Waals surface area contributed by atoms with Crippen LogP contribution in [0.2, 0.25) is 0 Å². The summed E-state index contributed by atoms with van der Waals surface area (Å²) in [5, 5.41) is 13.7. The summed E-state index contributed by atoms with van der Waals surface area (Å²) in [6.45, 7) is 0.213. The van der Waals surface area contributed by atoms with Gasteiger partial charge in [-0.1, -0.05) is 12.1 Å². The third-order valence-electron chi connectivity index (χ3n) is 2.92. The molecule has 0 atom stereocenters. The van der Waals surface area contributed by atoms with Crippen LogP contribution in [0.25, 0.3) is 0 Å². The van der Waals surface area contributed by atoms with Crippen LogP contribution in [0, 0.1) is 10.1 Å². The molecule has 0 aliphatic rings. The van der Waals surface area contributed by atoms with Gasteiger partial charge in [-0.3, -0.25) is 10.1 Å². The third-order valence-corrected chi connectivity index (χ3v) is 4.33. The standard InChI is InChI=1S/C13H14N4O4S/c1-14-22(20,21)11-5-2-4-10(8-11)9-16-13-12(17(18)19)6-3-7-15-13/h2-8,14H,9H2,1H3,(H,15,16). The Bertz CT molecular complexity index is 792. The fourth-order valence-electron chi connectivity index (χ4n) is 1.81. The Kier molecular flexibility index (Phi) is 4.68. The van der Waals surface area contributed by atoms with E-state index in [1.165, 1.54) is 37.5 Å². The summed E-state index contributed by atoms with van der Waals surface area (Å²) in [6, 6.07) is 9.11. The molecule has 2 aromatic rings. The molecule has 0 spiro atoms. The van der Waals surface area contributed by atoms with Crippen molar-refractivity contribution in [3.05, 3.63) is 58.3 Å². The fourth-order valence-corrected chi connectivity index (χ4v) is 2.61. The highest BCUT2D eigenvalue weighted by Crippen LogP contribution is 2.21. The summed E-state index contributed by atoms with van der Waals surface area (Å²) < 4.78 is 25.7. The number of aromatic nitrogens is 1. The van der Waals surface area contributed by atoms with Crippen LogP contribution in [-0.4, -0.2) is 25.4 Å². The maximum absolute atomic E-state index is 11.7. The lowest BCUT2D eigenvalue weighted by Gasteiger charge is -2.08. The van der Waals surface area contributed by atoms with Crippen molar-refractivity contribution in [1.29, 1.82) is 0 Å². The van der Waals surface area contributed by atoms with Crippen molar-refractivity contribution >= 4 is 21.5 Å². The molecule has 0 fully saturated rings. The number of rotatable bonds is 6. The Morgan fingerprint density at radius 1 is 1.27 bits per heavy atom. The highest BCUT2D eigenvalue weighted by Gasteiger charge is 2.14. The van der Waals surface area contributed by atoms with Gasteiger partial charge >= 0.3 is 5.69 Å². The van der Waals surface area contributed by atoms with Crippen LogP contribution in [-0.2, 0) is 16.6 Å². The van der Waals surface area contributed by atoms with E-state index < -0.39 is 14.9 Å². The van der Waals surface area contributed by atoms with Crippen molar-refractivity contribution in [3.8, 4) is 0 Å². The van der Waals surface area contributed by atoms with Gasteiger partial charge in [0, 0.05) is 18.8 Å². The van der Waals surface area contributed by atoms with Gasteiger partial charge < -0.3 is 5.32 Å². The van der Waals surface area contributed by atoms with E-state index in [1.54, 1.807) is 12.1 Å². The first kappa shape index (κ1) is 15.9. The molecule has 2 N–H and O–H groups in total. The Labute approximate surface area is 127 Å². The van der Waals surface area contributed by atoms with Crippen molar-refractivity contribution in [1.82, 2.24) is 9.71 Å². The first-order valence-corrected chi connectivity index (χ1v) is 7.78. The van der Waals surface area contributed by atoms with Gasteiger partial charge in [0.25, 0.3) is 0 Å². The summed E-state index contributed by atoms with van der Waals surface area (Å²) in [6.07, 6.45) is 1.44. The molecule has 8 nitrogen and oxygen atoms in total. The number of nitrogens with one attached hydrogen (secondary N) is 2. The highest BCUT2D eigenvalue weighted by atomic mass is 32.2. The fraction of sp³-hybridized carbons (Fsp3) is 0.154. The largest absolute Gasteiger partial charge is 0.360 e. The average molecular weight is 322 g/mol. The van der Waals surface area contributed by atoms with E-state index in [9.17, 15) is 18.5 Å². The number of hydrogen-bond donors (Lipinski definition) is 2. The topological polar surface area (TPSA) is 114 Å². The number of benzene rings is 1. The van der Waals surface area contributed by atoms with Gasteiger partial charge in [-0.05, 0) is 30.8 Å². The molecule has 9 heteroatoms. The quantitative estimate of drug-likeness (QED) is 0.615. The summed E-state index contributed by atoms with van der Waals surface area (Å²) in [5.41, 5.74) is 0.526. The molecule has 0 aliphatic heterocycles. The predicted molar refractivity (Wildman–Crippen MR) is 80.9 cm³/mol. The van der Waals surface area contributed by atoms with E-state index in [2.05, 4.69) is 15.0 Å². The Balaban J connectivity index is 2.20. The zero-order valence-electron chi connectivity index (χ0n) is 11.7. The van der Waals surface area contributed by atoms with Gasteiger partial charge in [-0.2, -0.15) is 0 Å². The number of hydrogen-bond acceptors (Lipinski definition) is 6. The molecule has 0 unspecified atom stereocenters. The Hall–Kier alpha value is -2.52. The van der Waals surface area contributed by atoms with Gasteiger partial charge in [-0.15, -0.1) is 0 Å². The molecule has 1 aromatic carbocycles. The van der Waals surface area contributed by atoms with E-state index in [4.69, 9.17) is 0 Å². The van der Waals surface area contributed by atoms with Crippen LogP contribution in [0.5, 0.6) is 0 Å². The van der Waals surface area contributed by atoms with E-state index in [0.29, 0.717) is 5.56 Å². The maximum Gasteiger partial charge on any atom is 0.311 e. The molecule has 0 aliphatic carbocycles. The van der Waals surface area contributed by atoms with E-state index in [0.717, 1.165) is 0 Å². The van der Waals surface area contributed by atoms with Crippen molar-refractivity contribution in [2.24, 2.45) is 0 Å². The zero-order chi connectivity index (χ0) is 16.2. The Morgan fingerprint density at radius 2 is 2.05 bits per heavy atom. The summed E-state index contributed by atoms with van der Waals surface area (Å²) in [5.74, 6) is 0.134. The molecule has 0 radical (unpaired) electrons. The number of nitrogens with zero attached hydrogens (tertiary/aromatic N) is 2. The zero-order valence-corrected chi connectivity index (χ0v) is 12.5. The molecule has 0 saturated heterocycles. The molecule has 0 amide bonds. The molecule has 22 heavy (non-hydrogen) atoms. The van der Waals surface area contributed by atoms with E-state index in [-0.39, 0.29) is 22.9 Å². The van der Waals surface area contributed by atoms with Gasteiger partial charge in [0.15, 0.2) is 0 Å². The number of anilines is 1. The number of sulfonamides is 1. The SMILES string of the molecule is CNS(=O)(=O)c1cccc(CNc2ncccc2[N+](=O)[O-])c1. The minimum Gasteiger partial charge on any atom is -0.360 e. The molecule has 0 bridgehead atoms. The van der Waals surface area contributed by atoms with Crippen LogP contribution in [0.4, 0.5) is 11.5 Å². The second-order valence-electron chi connectivity index (χ2n) is 4.34. The van der Waals surface area contributed by atoms with E-state index >= 15 is 0 Å². The molecule has 1 aromatic heterocycles. The van der Waals surface area contributed by atoms with Gasteiger partial charge in [0.1, 0.15) is 0 Å². The van der Waals surface area contributed by atoms with Gasteiger partial charge in [0.2, 0.25) is 15.8 Å². The minimum absolute atomic E-state index is 0.129. The van der Waals surface area contributed by atoms with Crippen LogP contribution >= 0.6 is 0 Å². The second kappa shape index (κ2) is 6.50. The van der Waals surface area contributed by atoms with Crippen molar-refractivity contribution in [2.45, 2.75) is 11.4 Å². The maximum atomic E-state index is 11.7. The third kappa shape index (κ3) is 3.57. The highest BCUT2D eigenvalue weighted by molar-refractivity contribution is 7.89. The lowest BCUT2D eigenvalue weighted by molar-refractivity contribution is -0.384. The number of pyridine rings is 1. The molecule has 1 heterocycles. The Morgan fingerprint density at radius 3 is 2.73 bits per heavy atom. The monoisotopic (exact) mass is 322 g/mol. The smallest absolute Gasteiger partial charge is 0.311 e. The summed E-state index contributed by atoms with van der Waals surface area (Å²) in [7, 11) is -2.20. The molecular weight excluding hydrogens is 308 g/mol. The van der Waals surface area contributed by atoms with E-state index in [1.807, 2.05) is 0 Å². The minimum atomic E-state index is -3.53. The van der Waals surface area contributed by atoms with Crippen LogP contribution in [0.3, 0.4) is 0 Å². The first-order valence-electron chi connectivity index (χ1n) is 6.30. The van der Waals surface area contributed by atoms with Crippen molar-refractivity contribution in [2.75, 3.05) is 12.4 Å². The molecular formula is C13H14N4O4S. The average Bonchev–Trinajstić information content (AvgIpc) is 2.53. The second-order valence-corrected chi connectivity index (χ2v) is 6.22. The normalized spacial score (nSPS) is 11.1. The molecule has 116 valence electrons. The van der Waals surface area contributed by atoms with Crippen LogP contribution < -0.4 is 10.0 Å². The van der Waals surface area contributed by atoms with Gasteiger partial charge in [0.05, 0.1) is 9.82 Å². The molecule has 2 rings (SSSR count). The van der Waals surface area contributed by atoms with Crippen molar-refractivity contribution in [3.63, 3.8) is 0 Å². The predicted octanol–water partition coefficient (Wildman–Crippen LogP) is 1.51. The first-order chi connectivity index (χ1) is 10.4. The van der Waals surface area contributed by atoms with Gasteiger partial charge in [-0.25, -0.2) is 18.1 Å². The number of nitro groups is 1. The van der Waals surface area contributed by atoms with Crippen LogP contribution in [0.15, 0.2) is 47.5 Å². The lowest BCUT2D eigenvalue weighted by atomic mass is 10.2. The molecule has 0 saturated carbocycles. The summed E-state index contributed by atoms with van der Waals surface area (Å²) in [4.78, 5) is 14.4. The lowest BCUT2D eigenvalue weighted by Crippen LogP contribution is -2.18. The van der Waals surface area contributed by atoms with Crippen LogP contribution in [0.1, 0.15) is 5.56 Å².